The van der Waals surface area contributed by atoms with Crippen molar-refractivity contribution in [2.24, 2.45) is 5.73 Å². The molecule has 0 saturated heterocycles. The van der Waals surface area contributed by atoms with Crippen molar-refractivity contribution >= 4 is 27.5 Å². The lowest BCUT2D eigenvalue weighted by Crippen LogP contribution is -2.11. The lowest BCUT2D eigenvalue weighted by atomic mass is 10.00. The Morgan fingerprint density at radius 2 is 1.95 bits per heavy atom. The molecule has 0 aliphatic rings. The zero-order valence-electron chi connectivity index (χ0n) is 11.3. The number of nitrogens with two attached hydrogens (primary N) is 1. The summed E-state index contributed by atoms with van der Waals surface area (Å²) in [7, 11) is 0. The van der Waals surface area contributed by atoms with E-state index in [1.165, 1.54) is 0 Å². The van der Waals surface area contributed by atoms with Crippen LogP contribution in [0.4, 0.5) is 0 Å². The molecule has 2 N–H and O–H groups in total. The van der Waals surface area contributed by atoms with Crippen LogP contribution in [0.15, 0.2) is 46.9 Å². The number of ether oxygens (including phenoxy) is 1. The molecule has 1 unspecified atom stereocenters. The molecule has 2 nitrogen and oxygen atoms in total. The molecule has 0 saturated carbocycles. The van der Waals surface area contributed by atoms with Gasteiger partial charge in [0.2, 0.25) is 0 Å². The topological polar surface area (TPSA) is 35.2 Å². The number of benzene rings is 2. The van der Waals surface area contributed by atoms with Crippen LogP contribution < -0.4 is 10.5 Å². The first-order valence-corrected chi connectivity index (χ1v) is 7.72. The minimum atomic E-state index is -0.203. The molecule has 0 amide bonds. The van der Waals surface area contributed by atoms with Gasteiger partial charge in [0, 0.05) is 5.02 Å². The first kappa shape index (κ1) is 15.4. The van der Waals surface area contributed by atoms with Gasteiger partial charge in [0.25, 0.3) is 0 Å². The molecule has 0 spiro atoms. The maximum Gasteiger partial charge on any atom is 0.133 e. The molecule has 106 valence electrons. The van der Waals surface area contributed by atoms with E-state index in [2.05, 4.69) is 22.9 Å². The Morgan fingerprint density at radius 3 is 2.60 bits per heavy atom. The van der Waals surface area contributed by atoms with Gasteiger partial charge < -0.3 is 10.5 Å². The third-order valence-corrected chi connectivity index (χ3v) is 3.84. The predicted molar refractivity (Wildman–Crippen MR) is 87.4 cm³/mol. The molecule has 0 aromatic heterocycles. The van der Waals surface area contributed by atoms with Crippen molar-refractivity contribution in [2.75, 3.05) is 6.61 Å². The van der Waals surface area contributed by atoms with Crippen LogP contribution in [0.5, 0.6) is 5.75 Å². The highest BCUT2D eigenvalue weighted by Crippen LogP contribution is 2.30. The Balaban J connectivity index is 2.22. The van der Waals surface area contributed by atoms with Crippen molar-refractivity contribution < 1.29 is 4.74 Å². The van der Waals surface area contributed by atoms with Crippen molar-refractivity contribution in [2.45, 2.75) is 19.4 Å². The second-order valence-corrected chi connectivity index (χ2v) is 5.86. The molecule has 0 fully saturated rings. The molecule has 0 heterocycles. The van der Waals surface area contributed by atoms with E-state index in [0.717, 1.165) is 27.8 Å². The van der Waals surface area contributed by atoms with Gasteiger partial charge in [-0.25, -0.2) is 0 Å². The zero-order chi connectivity index (χ0) is 14.5. The summed E-state index contributed by atoms with van der Waals surface area (Å²) in [6.07, 6.45) is 0.982. The van der Waals surface area contributed by atoms with Crippen molar-refractivity contribution in [1.29, 1.82) is 0 Å². The maximum absolute atomic E-state index is 6.28. The van der Waals surface area contributed by atoms with Crippen molar-refractivity contribution in [3.8, 4) is 5.75 Å². The Bertz CT molecular complexity index is 588. The van der Waals surface area contributed by atoms with Crippen LogP contribution in [0.1, 0.15) is 30.5 Å². The van der Waals surface area contributed by atoms with Gasteiger partial charge in [-0.15, -0.1) is 0 Å². The fraction of sp³-hybridized carbons (Fsp3) is 0.250. The normalized spacial score (nSPS) is 12.2. The van der Waals surface area contributed by atoms with E-state index >= 15 is 0 Å². The summed E-state index contributed by atoms with van der Waals surface area (Å²) in [5.41, 5.74) is 8.29. The summed E-state index contributed by atoms with van der Waals surface area (Å²) < 4.78 is 6.55. The van der Waals surface area contributed by atoms with Crippen LogP contribution in [0.3, 0.4) is 0 Å². The first-order valence-electron chi connectivity index (χ1n) is 6.55. The lowest BCUT2D eigenvalue weighted by Gasteiger charge is -2.15. The summed E-state index contributed by atoms with van der Waals surface area (Å²) in [5, 5.41) is 0.694. The smallest absolute Gasteiger partial charge is 0.133 e. The van der Waals surface area contributed by atoms with Crippen molar-refractivity contribution in [3.05, 3.63) is 63.1 Å². The molecule has 0 aliphatic carbocycles. The number of hydrogen-bond acceptors (Lipinski definition) is 2. The average Bonchev–Trinajstić information content (AvgIpc) is 2.45. The van der Waals surface area contributed by atoms with E-state index in [4.69, 9.17) is 22.1 Å². The fourth-order valence-corrected chi connectivity index (χ4v) is 2.64. The van der Waals surface area contributed by atoms with E-state index < -0.39 is 0 Å². The van der Waals surface area contributed by atoms with Crippen LogP contribution >= 0.6 is 27.5 Å². The standard InChI is InChI=1S/C16H17BrClNO/c1-2-8-20-15-7-6-12(10-14(15)17)16(19)11-4-3-5-13(18)9-11/h3-7,9-10,16H,2,8,19H2,1H3. The molecule has 2 aromatic carbocycles. The summed E-state index contributed by atoms with van der Waals surface area (Å²) in [6, 6.07) is 13.3. The van der Waals surface area contributed by atoms with E-state index in [1.807, 2.05) is 42.5 Å². The summed E-state index contributed by atoms with van der Waals surface area (Å²) in [5.74, 6) is 0.842. The largest absolute Gasteiger partial charge is 0.492 e. The van der Waals surface area contributed by atoms with Gasteiger partial charge in [0.05, 0.1) is 17.1 Å². The minimum absolute atomic E-state index is 0.203. The highest BCUT2D eigenvalue weighted by Gasteiger charge is 2.11. The van der Waals surface area contributed by atoms with E-state index in [9.17, 15) is 0 Å². The van der Waals surface area contributed by atoms with Gasteiger partial charge in [-0.2, -0.15) is 0 Å². The van der Waals surface area contributed by atoms with Crippen molar-refractivity contribution in [3.63, 3.8) is 0 Å². The summed E-state index contributed by atoms with van der Waals surface area (Å²) in [4.78, 5) is 0. The van der Waals surface area contributed by atoms with Gasteiger partial charge >= 0.3 is 0 Å². The van der Waals surface area contributed by atoms with Crippen LogP contribution in [-0.2, 0) is 0 Å². The van der Waals surface area contributed by atoms with Crippen LogP contribution in [0, 0.1) is 0 Å². The van der Waals surface area contributed by atoms with E-state index in [0.29, 0.717) is 11.6 Å². The maximum atomic E-state index is 6.28. The Morgan fingerprint density at radius 1 is 1.20 bits per heavy atom. The fourth-order valence-electron chi connectivity index (χ4n) is 1.93. The molecule has 1 atom stereocenters. The molecule has 20 heavy (non-hydrogen) atoms. The first-order chi connectivity index (χ1) is 9.61. The highest BCUT2D eigenvalue weighted by atomic mass is 79.9. The van der Waals surface area contributed by atoms with Crippen LogP contribution in [0.2, 0.25) is 5.02 Å². The molecule has 0 radical (unpaired) electrons. The highest BCUT2D eigenvalue weighted by molar-refractivity contribution is 9.10. The van der Waals surface area contributed by atoms with E-state index in [1.54, 1.807) is 0 Å². The van der Waals surface area contributed by atoms with Gasteiger partial charge in [0.15, 0.2) is 0 Å². The van der Waals surface area contributed by atoms with Gasteiger partial charge in [-0.1, -0.05) is 36.7 Å². The minimum Gasteiger partial charge on any atom is -0.492 e. The molecular weight excluding hydrogens is 338 g/mol. The summed E-state index contributed by atoms with van der Waals surface area (Å²) in [6.45, 7) is 2.79. The van der Waals surface area contributed by atoms with Gasteiger partial charge in [0.1, 0.15) is 5.75 Å². The molecule has 4 heteroatoms. The number of rotatable bonds is 5. The van der Waals surface area contributed by atoms with E-state index in [-0.39, 0.29) is 6.04 Å². The molecule has 2 aromatic rings. The number of hydrogen-bond donors (Lipinski definition) is 1. The molecule has 0 bridgehead atoms. The molecule has 0 aliphatic heterocycles. The molecular formula is C16H17BrClNO. The van der Waals surface area contributed by atoms with Crippen molar-refractivity contribution in [1.82, 2.24) is 0 Å². The van der Waals surface area contributed by atoms with Crippen LogP contribution in [0.25, 0.3) is 0 Å². The Kier molecular flexibility index (Phi) is 5.46. The Hall–Kier alpha value is -1.03. The average molecular weight is 355 g/mol. The zero-order valence-corrected chi connectivity index (χ0v) is 13.6. The molecule has 2 rings (SSSR count). The quantitative estimate of drug-likeness (QED) is 0.825. The predicted octanol–water partition coefficient (Wildman–Crippen LogP) is 4.94. The lowest BCUT2D eigenvalue weighted by molar-refractivity contribution is 0.315. The second-order valence-electron chi connectivity index (χ2n) is 4.57. The van der Waals surface area contributed by atoms with Gasteiger partial charge in [-0.3, -0.25) is 0 Å². The van der Waals surface area contributed by atoms with Gasteiger partial charge in [-0.05, 0) is 57.7 Å². The third-order valence-electron chi connectivity index (χ3n) is 2.98. The van der Waals surface area contributed by atoms with Crippen LogP contribution in [-0.4, -0.2) is 6.61 Å². The SMILES string of the molecule is CCCOc1ccc(C(N)c2cccc(Cl)c2)cc1Br. The monoisotopic (exact) mass is 353 g/mol. The number of halogens is 2. The third kappa shape index (κ3) is 3.75. The Labute approximate surface area is 133 Å². The second kappa shape index (κ2) is 7.11. The summed E-state index contributed by atoms with van der Waals surface area (Å²) >= 11 is 9.53.